The van der Waals surface area contributed by atoms with Gasteiger partial charge in [-0.2, -0.15) is 0 Å². The SMILES string of the molecule is Cc1ccc(Cl)cc1-n1c(C)cc(C2C(c3ccccn3)NC(=S)N2c2ccc(Br)cc2)c1C. The fourth-order valence-corrected chi connectivity index (χ4v) is 5.61. The Labute approximate surface area is 218 Å². The van der Waals surface area contributed by atoms with E-state index in [0.29, 0.717) is 5.11 Å². The summed E-state index contributed by atoms with van der Waals surface area (Å²) >= 11 is 15.8. The molecule has 3 heterocycles. The minimum absolute atomic E-state index is 0.0667. The number of nitrogens with zero attached hydrogens (tertiary/aromatic N) is 3. The van der Waals surface area contributed by atoms with E-state index in [2.05, 4.69) is 86.8 Å². The molecule has 0 aliphatic carbocycles. The molecule has 0 saturated carbocycles. The van der Waals surface area contributed by atoms with E-state index in [9.17, 15) is 0 Å². The summed E-state index contributed by atoms with van der Waals surface area (Å²) in [7, 11) is 0. The van der Waals surface area contributed by atoms with Gasteiger partial charge in [0, 0.05) is 38.5 Å². The van der Waals surface area contributed by atoms with Gasteiger partial charge in [0.15, 0.2) is 5.11 Å². The largest absolute Gasteiger partial charge is 0.351 e. The molecular formula is C27H24BrClN4S. The van der Waals surface area contributed by atoms with E-state index in [1.807, 2.05) is 42.6 Å². The van der Waals surface area contributed by atoms with E-state index in [1.165, 1.54) is 11.1 Å². The molecule has 4 nitrogen and oxygen atoms in total. The number of aromatic nitrogens is 2. The third kappa shape index (κ3) is 4.04. The second kappa shape index (κ2) is 9.17. The van der Waals surface area contributed by atoms with Crippen molar-refractivity contribution in [2.24, 2.45) is 0 Å². The zero-order valence-electron chi connectivity index (χ0n) is 19.1. The average molecular weight is 552 g/mol. The Balaban J connectivity index is 1.70. The highest BCUT2D eigenvalue weighted by atomic mass is 79.9. The monoisotopic (exact) mass is 550 g/mol. The van der Waals surface area contributed by atoms with Crippen molar-refractivity contribution < 1.29 is 0 Å². The predicted octanol–water partition coefficient (Wildman–Crippen LogP) is 7.39. The van der Waals surface area contributed by atoms with Crippen molar-refractivity contribution in [3.05, 3.63) is 111 Å². The Bertz CT molecular complexity index is 1370. The first-order valence-electron chi connectivity index (χ1n) is 11.1. The number of pyridine rings is 1. The van der Waals surface area contributed by atoms with E-state index in [-0.39, 0.29) is 12.1 Å². The smallest absolute Gasteiger partial charge is 0.174 e. The van der Waals surface area contributed by atoms with Crippen LogP contribution in [0.15, 0.2) is 77.4 Å². The average Bonchev–Trinajstić information content (AvgIpc) is 3.32. The number of benzene rings is 2. The minimum Gasteiger partial charge on any atom is -0.351 e. The summed E-state index contributed by atoms with van der Waals surface area (Å²) in [6.45, 7) is 6.41. The Hall–Kier alpha value is -2.67. The van der Waals surface area contributed by atoms with Gasteiger partial charge in [0.1, 0.15) is 0 Å². The van der Waals surface area contributed by atoms with Crippen LogP contribution in [0, 0.1) is 20.8 Å². The van der Waals surface area contributed by atoms with Gasteiger partial charge in [-0.05, 0) is 98.7 Å². The molecule has 7 heteroatoms. The number of hydrogen-bond donors (Lipinski definition) is 1. The van der Waals surface area contributed by atoms with Crippen molar-refractivity contribution in [2.45, 2.75) is 32.9 Å². The van der Waals surface area contributed by atoms with Crippen molar-refractivity contribution in [2.75, 3.05) is 4.90 Å². The molecular weight excluding hydrogens is 528 g/mol. The molecule has 1 aliphatic heterocycles. The number of nitrogens with one attached hydrogen (secondary N) is 1. The Morgan fingerprint density at radius 3 is 2.47 bits per heavy atom. The van der Waals surface area contributed by atoms with Gasteiger partial charge < -0.3 is 14.8 Å². The minimum atomic E-state index is -0.0910. The topological polar surface area (TPSA) is 33.1 Å². The molecule has 1 saturated heterocycles. The fourth-order valence-electron chi connectivity index (χ4n) is 4.83. The summed E-state index contributed by atoms with van der Waals surface area (Å²) in [5, 5.41) is 4.96. The number of aryl methyl sites for hydroxylation is 2. The molecule has 0 spiro atoms. The summed E-state index contributed by atoms with van der Waals surface area (Å²) in [6.07, 6.45) is 1.83. The lowest BCUT2D eigenvalue weighted by Gasteiger charge is -2.28. The molecule has 2 aromatic heterocycles. The normalized spacial score (nSPS) is 17.8. The number of anilines is 1. The van der Waals surface area contributed by atoms with Crippen LogP contribution in [0.3, 0.4) is 0 Å². The molecule has 1 aliphatic rings. The molecule has 2 atom stereocenters. The first kappa shape index (κ1) is 23.1. The molecule has 2 aromatic carbocycles. The summed E-state index contributed by atoms with van der Waals surface area (Å²) in [5.74, 6) is 0. The lowest BCUT2D eigenvalue weighted by molar-refractivity contribution is 0.565. The van der Waals surface area contributed by atoms with Gasteiger partial charge in [0.2, 0.25) is 0 Å². The van der Waals surface area contributed by atoms with Crippen molar-refractivity contribution in [1.29, 1.82) is 0 Å². The van der Waals surface area contributed by atoms with Crippen LogP contribution in [-0.2, 0) is 0 Å². The lowest BCUT2D eigenvalue weighted by Crippen LogP contribution is -2.29. The number of halogens is 2. The van der Waals surface area contributed by atoms with E-state index < -0.39 is 0 Å². The highest BCUT2D eigenvalue weighted by Gasteiger charge is 2.42. The molecule has 1 fully saturated rings. The molecule has 0 radical (unpaired) electrons. The highest BCUT2D eigenvalue weighted by molar-refractivity contribution is 9.10. The summed E-state index contributed by atoms with van der Waals surface area (Å²) < 4.78 is 3.31. The van der Waals surface area contributed by atoms with E-state index in [4.69, 9.17) is 23.8 Å². The predicted molar refractivity (Wildman–Crippen MR) is 147 cm³/mol. The van der Waals surface area contributed by atoms with Crippen molar-refractivity contribution >= 4 is 50.5 Å². The maximum Gasteiger partial charge on any atom is 0.174 e. The van der Waals surface area contributed by atoms with Crippen molar-refractivity contribution in [1.82, 2.24) is 14.9 Å². The highest BCUT2D eigenvalue weighted by Crippen LogP contribution is 2.44. The quantitative estimate of drug-likeness (QED) is 0.268. The van der Waals surface area contributed by atoms with Gasteiger partial charge in [0.05, 0.1) is 17.8 Å². The Morgan fingerprint density at radius 2 is 1.76 bits per heavy atom. The van der Waals surface area contributed by atoms with E-state index in [0.717, 1.165) is 38.0 Å². The molecule has 34 heavy (non-hydrogen) atoms. The molecule has 5 rings (SSSR count). The summed E-state index contributed by atoms with van der Waals surface area (Å²) in [6, 6.07) is 22.4. The van der Waals surface area contributed by atoms with Crippen LogP contribution in [0.4, 0.5) is 5.69 Å². The van der Waals surface area contributed by atoms with Gasteiger partial charge in [-0.3, -0.25) is 4.98 Å². The van der Waals surface area contributed by atoms with Crippen LogP contribution < -0.4 is 10.2 Å². The molecule has 1 N–H and O–H groups in total. The zero-order valence-corrected chi connectivity index (χ0v) is 22.2. The zero-order chi connectivity index (χ0) is 24.0. The van der Waals surface area contributed by atoms with E-state index >= 15 is 0 Å². The van der Waals surface area contributed by atoms with Crippen LogP contribution in [0.2, 0.25) is 5.02 Å². The van der Waals surface area contributed by atoms with E-state index in [1.54, 1.807) is 0 Å². The summed E-state index contributed by atoms with van der Waals surface area (Å²) in [4.78, 5) is 6.88. The lowest BCUT2D eigenvalue weighted by atomic mass is 9.96. The van der Waals surface area contributed by atoms with Gasteiger partial charge >= 0.3 is 0 Å². The standard InChI is InChI=1S/C27H24BrClN4S/c1-16-7-10-20(29)15-24(16)32-17(2)14-22(18(32)3)26-25(23-6-4-5-13-30-23)31-27(34)33(26)21-11-8-19(28)9-12-21/h4-15,25-26H,1-3H3,(H,31,34). The Kier molecular flexibility index (Phi) is 6.23. The fraction of sp³-hybridized carbons (Fsp3) is 0.185. The van der Waals surface area contributed by atoms with Crippen LogP contribution >= 0.6 is 39.7 Å². The van der Waals surface area contributed by atoms with Crippen LogP contribution in [0.25, 0.3) is 5.69 Å². The van der Waals surface area contributed by atoms with Crippen molar-refractivity contribution in [3.8, 4) is 5.69 Å². The first-order chi connectivity index (χ1) is 16.3. The first-order valence-corrected chi connectivity index (χ1v) is 12.6. The van der Waals surface area contributed by atoms with Gasteiger partial charge in [-0.15, -0.1) is 0 Å². The maximum atomic E-state index is 6.38. The third-order valence-electron chi connectivity index (χ3n) is 6.40. The number of rotatable bonds is 4. The number of hydrogen-bond acceptors (Lipinski definition) is 2. The van der Waals surface area contributed by atoms with Crippen LogP contribution in [-0.4, -0.2) is 14.7 Å². The Morgan fingerprint density at radius 1 is 1.00 bits per heavy atom. The molecule has 2 unspecified atom stereocenters. The molecule has 172 valence electrons. The molecule has 0 amide bonds. The van der Waals surface area contributed by atoms with Crippen LogP contribution in [0.5, 0.6) is 0 Å². The van der Waals surface area contributed by atoms with Gasteiger partial charge in [-0.25, -0.2) is 0 Å². The molecule has 0 bridgehead atoms. The summed E-state index contributed by atoms with van der Waals surface area (Å²) in [5.41, 5.74) is 7.75. The maximum absolute atomic E-state index is 6.38. The van der Waals surface area contributed by atoms with Crippen LogP contribution in [0.1, 0.15) is 40.3 Å². The second-order valence-electron chi connectivity index (χ2n) is 8.57. The van der Waals surface area contributed by atoms with Gasteiger partial charge in [-0.1, -0.05) is 39.7 Å². The third-order valence-corrected chi connectivity index (χ3v) is 7.48. The number of thiocarbonyl (C=S) groups is 1. The molecule has 4 aromatic rings. The second-order valence-corrected chi connectivity index (χ2v) is 10.3. The van der Waals surface area contributed by atoms with Crippen molar-refractivity contribution in [3.63, 3.8) is 0 Å². The van der Waals surface area contributed by atoms with Gasteiger partial charge in [0.25, 0.3) is 0 Å².